The van der Waals surface area contributed by atoms with Crippen LogP contribution in [0.25, 0.3) is 10.9 Å². The molecule has 1 amide bonds. The zero-order chi connectivity index (χ0) is 18.7. The Morgan fingerprint density at radius 3 is 2.65 bits per heavy atom. The highest BCUT2D eigenvalue weighted by atomic mass is 16.5. The van der Waals surface area contributed by atoms with Crippen LogP contribution in [0.1, 0.15) is 33.6 Å². The van der Waals surface area contributed by atoms with Gasteiger partial charge in [0.05, 0.1) is 18.3 Å². The molecule has 0 aliphatic heterocycles. The summed E-state index contributed by atoms with van der Waals surface area (Å²) in [6, 6.07) is 12.0. The lowest BCUT2D eigenvalue weighted by Crippen LogP contribution is -2.17. The molecule has 0 bridgehead atoms. The van der Waals surface area contributed by atoms with Crippen LogP contribution in [-0.4, -0.2) is 23.2 Å². The van der Waals surface area contributed by atoms with Gasteiger partial charge in [0.2, 0.25) is 0 Å². The van der Waals surface area contributed by atoms with Crippen LogP contribution in [0, 0.1) is 6.92 Å². The summed E-state index contributed by atoms with van der Waals surface area (Å²) in [6.45, 7) is 2.04. The first-order chi connectivity index (χ1) is 12.5. The van der Waals surface area contributed by atoms with Gasteiger partial charge in [0.25, 0.3) is 5.91 Å². The molecule has 1 heterocycles. The van der Waals surface area contributed by atoms with Crippen molar-refractivity contribution in [2.45, 2.75) is 26.2 Å². The van der Waals surface area contributed by atoms with Crippen LogP contribution < -0.4 is 16.2 Å². The molecule has 1 aromatic heterocycles. The highest BCUT2D eigenvalue weighted by Crippen LogP contribution is 2.25. The van der Waals surface area contributed by atoms with Crippen LogP contribution in [0.5, 0.6) is 5.75 Å². The maximum absolute atomic E-state index is 11.4. The van der Waals surface area contributed by atoms with E-state index >= 15 is 0 Å². The van der Waals surface area contributed by atoms with E-state index in [1.165, 1.54) is 5.56 Å². The van der Waals surface area contributed by atoms with E-state index in [2.05, 4.69) is 22.3 Å². The first-order valence-electron chi connectivity index (χ1n) is 8.48. The van der Waals surface area contributed by atoms with E-state index in [-0.39, 0.29) is 11.4 Å². The molecule has 134 valence electrons. The van der Waals surface area contributed by atoms with E-state index in [0.717, 1.165) is 41.7 Å². The molecular weight excluding hydrogens is 328 g/mol. The molecule has 6 nitrogen and oxygen atoms in total. The number of fused-ring (bicyclic) bond motifs is 1. The van der Waals surface area contributed by atoms with E-state index in [9.17, 15) is 4.79 Å². The van der Waals surface area contributed by atoms with Crippen molar-refractivity contribution >= 4 is 22.5 Å². The minimum Gasteiger partial charge on any atom is -0.496 e. The van der Waals surface area contributed by atoms with Crippen molar-refractivity contribution in [2.75, 3.05) is 12.8 Å². The highest BCUT2D eigenvalue weighted by molar-refractivity contribution is 6.04. The van der Waals surface area contributed by atoms with Gasteiger partial charge in [0.1, 0.15) is 5.75 Å². The van der Waals surface area contributed by atoms with Crippen molar-refractivity contribution in [3.63, 3.8) is 0 Å². The predicted molar refractivity (Wildman–Crippen MR) is 102 cm³/mol. The van der Waals surface area contributed by atoms with Crippen LogP contribution >= 0.6 is 0 Å². The average molecular weight is 350 g/mol. The van der Waals surface area contributed by atoms with Crippen molar-refractivity contribution in [2.24, 2.45) is 5.73 Å². The lowest BCUT2D eigenvalue weighted by atomic mass is 10.00. The van der Waals surface area contributed by atoms with E-state index in [1.807, 2.05) is 31.2 Å². The number of nitrogen functional groups attached to an aromatic ring is 1. The largest absolute Gasteiger partial charge is 0.496 e. The van der Waals surface area contributed by atoms with E-state index < -0.39 is 5.91 Å². The number of ether oxygens (including phenoxy) is 1. The van der Waals surface area contributed by atoms with Crippen molar-refractivity contribution in [1.29, 1.82) is 0 Å². The Hall–Kier alpha value is -3.15. The molecule has 0 unspecified atom stereocenters. The lowest BCUT2D eigenvalue weighted by molar-refractivity contribution is 0.0996. The second-order valence-electron chi connectivity index (χ2n) is 6.30. The summed E-state index contributed by atoms with van der Waals surface area (Å²) < 4.78 is 5.30. The number of carbonyl (C=O) groups excluding carboxylic acids is 1. The van der Waals surface area contributed by atoms with Gasteiger partial charge in [-0.1, -0.05) is 30.3 Å². The van der Waals surface area contributed by atoms with Gasteiger partial charge in [-0.25, -0.2) is 0 Å². The monoisotopic (exact) mass is 350 g/mol. The number of aryl methyl sites for hydroxylation is 3. The second-order valence-corrected chi connectivity index (χ2v) is 6.30. The summed E-state index contributed by atoms with van der Waals surface area (Å²) in [7, 11) is 1.68. The normalized spacial score (nSPS) is 10.8. The van der Waals surface area contributed by atoms with Crippen molar-refractivity contribution in [1.82, 2.24) is 10.2 Å². The quantitative estimate of drug-likeness (QED) is 0.711. The third-order valence-electron chi connectivity index (χ3n) is 4.52. The third kappa shape index (κ3) is 3.44. The number of aromatic nitrogens is 2. The molecular formula is C20H22N4O2. The molecule has 0 fully saturated rings. The van der Waals surface area contributed by atoms with E-state index in [0.29, 0.717) is 5.39 Å². The Balaban J connectivity index is 1.78. The number of methoxy groups -OCH3 is 1. The molecule has 26 heavy (non-hydrogen) atoms. The van der Waals surface area contributed by atoms with Crippen LogP contribution in [0.3, 0.4) is 0 Å². The number of rotatable bonds is 6. The topological polar surface area (TPSA) is 104 Å². The van der Waals surface area contributed by atoms with Crippen LogP contribution in [0.4, 0.5) is 5.69 Å². The maximum Gasteiger partial charge on any atom is 0.271 e. The molecule has 3 aromatic rings. The fourth-order valence-corrected chi connectivity index (χ4v) is 3.17. The van der Waals surface area contributed by atoms with Crippen molar-refractivity contribution in [3.8, 4) is 5.75 Å². The smallest absolute Gasteiger partial charge is 0.271 e. The fraction of sp³-hybridized carbons (Fsp3) is 0.250. The Bertz CT molecular complexity index is 969. The van der Waals surface area contributed by atoms with Crippen LogP contribution in [-0.2, 0) is 12.8 Å². The number of hydrogen-bond acceptors (Lipinski definition) is 5. The predicted octanol–water partition coefficient (Wildman–Crippen LogP) is 2.80. The van der Waals surface area contributed by atoms with Gasteiger partial charge in [-0.3, -0.25) is 4.79 Å². The standard InChI is InChI=1S/C20H22N4O2/c1-12-11-13(9-10-16(12)26-2)5-3-6-14-7-4-8-15-17(21)19(20(22)25)24-23-18(14)15/h4,7-11H,3,5-6H2,1-2H3,(H2,21,23)(H2,22,25). The molecule has 0 aliphatic rings. The third-order valence-corrected chi connectivity index (χ3v) is 4.52. The van der Waals surface area contributed by atoms with Gasteiger partial charge in [-0.05, 0) is 48.9 Å². The van der Waals surface area contributed by atoms with Gasteiger partial charge in [-0.15, -0.1) is 10.2 Å². The van der Waals surface area contributed by atoms with Crippen LogP contribution in [0.15, 0.2) is 36.4 Å². The molecule has 0 atom stereocenters. The SMILES string of the molecule is COc1ccc(CCCc2cccc3c(N)c(C(N)=O)nnc23)cc1C. The zero-order valence-electron chi connectivity index (χ0n) is 15.0. The number of benzene rings is 2. The minimum absolute atomic E-state index is 0.0170. The minimum atomic E-state index is -0.669. The number of nitrogens with two attached hydrogens (primary N) is 2. The second kappa shape index (κ2) is 7.39. The maximum atomic E-state index is 11.4. The first-order valence-corrected chi connectivity index (χ1v) is 8.48. The number of nitrogens with zero attached hydrogens (tertiary/aromatic N) is 2. The molecule has 0 spiro atoms. The number of amides is 1. The van der Waals surface area contributed by atoms with Crippen molar-refractivity contribution in [3.05, 3.63) is 58.8 Å². The lowest BCUT2D eigenvalue weighted by Gasteiger charge is -2.10. The number of primary amides is 1. The van der Waals surface area contributed by atoms with Gasteiger partial charge < -0.3 is 16.2 Å². The number of carbonyl (C=O) groups is 1. The summed E-state index contributed by atoms with van der Waals surface area (Å²) in [5.41, 5.74) is 15.8. The fourth-order valence-electron chi connectivity index (χ4n) is 3.17. The van der Waals surface area contributed by atoms with Gasteiger partial charge >= 0.3 is 0 Å². The molecule has 2 aromatic carbocycles. The summed E-state index contributed by atoms with van der Waals surface area (Å²) in [5.74, 6) is 0.232. The first kappa shape index (κ1) is 17.7. The Kier molecular flexibility index (Phi) is 5.02. The molecule has 6 heteroatoms. The summed E-state index contributed by atoms with van der Waals surface area (Å²) in [5, 5.41) is 8.79. The Labute approximate surface area is 152 Å². The molecule has 0 saturated heterocycles. The van der Waals surface area contributed by atoms with Crippen LogP contribution in [0.2, 0.25) is 0 Å². The van der Waals surface area contributed by atoms with Crippen molar-refractivity contribution < 1.29 is 9.53 Å². The highest BCUT2D eigenvalue weighted by Gasteiger charge is 2.14. The van der Waals surface area contributed by atoms with Gasteiger partial charge in [0.15, 0.2) is 5.69 Å². The Morgan fingerprint density at radius 1 is 1.15 bits per heavy atom. The Morgan fingerprint density at radius 2 is 1.96 bits per heavy atom. The summed E-state index contributed by atoms with van der Waals surface area (Å²) >= 11 is 0. The molecule has 0 aliphatic carbocycles. The molecule has 0 saturated carbocycles. The molecule has 4 N–H and O–H groups in total. The van der Waals surface area contributed by atoms with E-state index in [4.69, 9.17) is 16.2 Å². The van der Waals surface area contributed by atoms with E-state index in [1.54, 1.807) is 7.11 Å². The summed E-state index contributed by atoms with van der Waals surface area (Å²) in [6.07, 6.45) is 2.75. The number of hydrogen-bond donors (Lipinski definition) is 2. The number of anilines is 1. The molecule has 3 rings (SSSR count). The molecule has 0 radical (unpaired) electrons. The van der Waals surface area contributed by atoms with Gasteiger partial charge in [-0.2, -0.15) is 0 Å². The zero-order valence-corrected chi connectivity index (χ0v) is 15.0. The summed E-state index contributed by atoms with van der Waals surface area (Å²) in [4.78, 5) is 11.4. The average Bonchev–Trinajstić information content (AvgIpc) is 2.62. The van der Waals surface area contributed by atoms with Gasteiger partial charge in [0, 0.05) is 5.39 Å².